The van der Waals surface area contributed by atoms with Crippen LogP contribution in [0.15, 0.2) is 24.3 Å². The molecule has 0 saturated heterocycles. The fourth-order valence-electron chi connectivity index (χ4n) is 1.69. The number of carbonyl (C=O) groups is 1. The van der Waals surface area contributed by atoms with Gasteiger partial charge in [0.05, 0.1) is 18.8 Å². The molecule has 1 aromatic rings. The van der Waals surface area contributed by atoms with Crippen LogP contribution in [0.5, 0.6) is 5.75 Å². The summed E-state index contributed by atoms with van der Waals surface area (Å²) in [5, 5.41) is 0. The molecule has 1 rings (SSSR count). The van der Waals surface area contributed by atoms with Crippen LogP contribution in [0.1, 0.15) is 37.6 Å². The fourth-order valence-corrected chi connectivity index (χ4v) is 1.69. The topological polar surface area (TPSA) is 35.5 Å². The molecule has 0 aliphatic rings. The number of hydrogen-bond acceptors (Lipinski definition) is 3. The second-order valence-electron chi connectivity index (χ2n) is 4.57. The van der Waals surface area contributed by atoms with E-state index in [4.69, 9.17) is 9.47 Å². The molecule has 0 radical (unpaired) electrons. The summed E-state index contributed by atoms with van der Waals surface area (Å²) >= 11 is 0. The minimum Gasteiger partial charge on any atom is -0.497 e. The maximum absolute atomic E-state index is 11.8. The van der Waals surface area contributed by atoms with Gasteiger partial charge >= 0.3 is 5.97 Å². The van der Waals surface area contributed by atoms with Gasteiger partial charge in [0.2, 0.25) is 0 Å². The Morgan fingerprint density at radius 1 is 1.18 bits per heavy atom. The fraction of sp³-hybridized carbons (Fsp3) is 0.500. The van der Waals surface area contributed by atoms with Gasteiger partial charge in [-0.15, -0.1) is 0 Å². The standard InChI is InChI=1S/C14H20O3/c1-10(2)9-11(3)17-14(15)12-5-7-13(16-4)8-6-12/h5-8,10-11H,9H2,1-4H3/t11-/m1/s1. The summed E-state index contributed by atoms with van der Waals surface area (Å²) in [5.41, 5.74) is 0.557. The molecular formula is C14H20O3. The highest BCUT2D eigenvalue weighted by Gasteiger charge is 2.13. The molecule has 1 aromatic carbocycles. The minimum atomic E-state index is -0.277. The van der Waals surface area contributed by atoms with Crippen molar-refractivity contribution in [3.05, 3.63) is 29.8 Å². The average molecular weight is 236 g/mol. The van der Waals surface area contributed by atoms with Gasteiger partial charge in [0.15, 0.2) is 0 Å². The third-order valence-corrected chi connectivity index (χ3v) is 2.44. The third-order valence-electron chi connectivity index (χ3n) is 2.44. The van der Waals surface area contributed by atoms with Gasteiger partial charge in [-0.3, -0.25) is 0 Å². The molecular weight excluding hydrogens is 216 g/mol. The molecule has 0 bridgehead atoms. The van der Waals surface area contributed by atoms with E-state index in [9.17, 15) is 4.79 Å². The number of carbonyl (C=O) groups excluding carboxylic acids is 1. The highest BCUT2D eigenvalue weighted by atomic mass is 16.5. The van der Waals surface area contributed by atoms with Gasteiger partial charge in [0.1, 0.15) is 5.75 Å². The molecule has 3 nitrogen and oxygen atoms in total. The highest BCUT2D eigenvalue weighted by molar-refractivity contribution is 5.89. The first kappa shape index (κ1) is 13.6. The molecule has 0 amide bonds. The van der Waals surface area contributed by atoms with Crippen molar-refractivity contribution >= 4 is 5.97 Å². The smallest absolute Gasteiger partial charge is 0.338 e. The number of hydrogen-bond donors (Lipinski definition) is 0. The summed E-state index contributed by atoms with van der Waals surface area (Å²) in [6.07, 6.45) is 0.826. The quantitative estimate of drug-likeness (QED) is 0.736. The van der Waals surface area contributed by atoms with Crippen molar-refractivity contribution in [2.75, 3.05) is 7.11 Å². The Bertz CT molecular complexity index is 354. The molecule has 0 heterocycles. The van der Waals surface area contributed by atoms with E-state index in [2.05, 4.69) is 13.8 Å². The molecule has 0 spiro atoms. The normalized spacial score (nSPS) is 12.3. The lowest BCUT2D eigenvalue weighted by atomic mass is 10.1. The van der Waals surface area contributed by atoms with Gasteiger partial charge < -0.3 is 9.47 Å². The first-order chi connectivity index (χ1) is 8.02. The van der Waals surface area contributed by atoms with Gasteiger partial charge in [-0.1, -0.05) is 13.8 Å². The molecule has 17 heavy (non-hydrogen) atoms. The van der Waals surface area contributed by atoms with Crippen molar-refractivity contribution in [2.24, 2.45) is 5.92 Å². The van der Waals surface area contributed by atoms with Crippen molar-refractivity contribution in [2.45, 2.75) is 33.3 Å². The average Bonchev–Trinajstić information content (AvgIpc) is 2.28. The van der Waals surface area contributed by atoms with Gasteiger partial charge in [-0.05, 0) is 43.5 Å². The van der Waals surface area contributed by atoms with Gasteiger partial charge in [0.25, 0.3) is 0 Å². The second-order valence-corrected chi connectivity index (χ2v) is 4.57. The molecule has 3 heteroatoms. The monoisotopic (exact) mass is 236 g/mol. The van der Waals surface area contributed by atoms with Crippen LogP contribution in [-0.2, 0) is 4.74 Å². The van der Waals surface area contributed by atoms with Gasteiger partial charge in [-0.2, -0.15) is 0 Å². The summed E-state index contributed by atoms with van der Waals surface area (Å²) in [4.78, 5) is 11.8. The molecule has 94 valence electrons. The van der Waals surface area contributed by atoms with Gasteiger partial charge in [-0.25, -0.2) is 4.79 Å². The van der Waals surface area contributed by atoms with Crippen LogP contribution in [0.4, 0.5) is 0 Å². The van der Waals surface area contributed by atoms with Crippen LogP contribution in [0, 0.1) is 5.92 Å². The number of methoxy groups -OCH3 is 1. The van der Waals surface area contributed by atoms with E-state index in [1.807, 2.05) is 6.92 Å². The van der Waals surface area contributed by atoms with Crippen molar-refractivity contribution in [1.82, 2.24) is 0 Å². The molecule has 0 N–H and O–H groups in total. The van der Waals surface area contributed by atoms with E-state index < -0.39 is 0 Å². The first-order valence-electron chi connectivity index (χ1n) is 5.88. The Hall–Kier alpha value is -1.51. The van der Waals surface area contributed by atoms with Gasteiger partial charge in [0, 0.05) is 0 Å². The third kappa shape index (κ3) is 4.47. The van der Waals surface area contributed by atoms with E-state index in [1.165, 1.54) is 0 Å². The van der Waals surface area contributed by atoms with Crippen molar-refractivity contribution < 1.29 is 14.3 Å². The Morgan fingerprint density at radius 2 is 1.76 bits per heavy atom. The molecule has 0 aliphatic carbocycles. The summed E-state index contributed by atoms with van der Waals surface area (Å²) in [5.74, 6) is 0.978. The van der Waals surface area contributed by atoms with E-state index >= 15 is 0 Å². The number of benzene rings is 1. The maximum atomic E-state index is 11.8. The van der Waals surface area contributed by atoms with E-state index in [1.54, 1.807) is 31.4 Å². The summed E-state index contributed by atoms with van der Waals surface area (Å²) in [7, 11) is 1.60. The van der Waals surface area contributed by atoms with Crippen molar-refractivity contribution in [3.8, 4) is 5.75 Å². The zero-order chi connectivity index (χ0) is 12.8. The van der Waals surface area contributed by atoms with Crippen LogP contribution in [0.2, 0.25) is 0 Å². The summed E-state index contributed by atoms with van der Waals surface area (Å²) < 4.78 is 10.4. The zero-order valence-corrected chi connectivity index (χ0v) is 10.9. The highest BCUT2D eigenvalue weighted by Crippen LogP contribution is 2.14. The number of esters is 1. The molecule has 0 aromatic heterocycles. The molecule has 0 fully saturated rings. The molecule has 0 saturated carbocycles. The molecule has 1 atom stereocenters. The van der Waals surface area contributed by atoms with Crippen LogP contribution in [0.25, 0.3) is 0 Å². The molecule has 0 aliphatic heterocycles. The predicted octanol–water partition coefficient (Wildman–Crippen LogP) is 3.29. The maximum Gasteiger partial charge on any atom is 0.338 e. The lowest BCUT2D eigenvalue weighted by molar-refractivity contribution is 0.0299. The minimum absolute atomic E-state index is 0.0513. The first-order valence-corrected chi connectivity index (χ1v) is 5.88. The van der Waals surface area contributed by atoms with E-state index in [0.717, 1.165) is 12.2 Å². The van der Waals surface area contributed by atoms with Crippen molar-refractivity contribution in [1.29, 1.82) is 0 Å². The number of ether oxygens (including phenoxy) is 2. The van der Waals surface area contributed by atoms with Crippen molar-refractivity contribution in [3.63, 3.8) is 0 Å². The Labute approximate surface area is 103 Å². The summed E-state index contributed by atoms with van der Waals surface area (Å²) in [6, 6.07) is 6.93. The predicted molar refractivity (Wildman–Crippen MR) is 67.3 cm³/mol. The Kier molecular flexibility index (Phi) is 5.01. The van der Waals surface area contributed by atoms with E-state index in [0.29, 0.717) is 11.5 Å². The second kappa shape index (κ2) is 6.28. The largest absolute Gasteiger partial charge is 0.497 e. The van der Waals surface area contributed by atoms with E-state index in [-0.39, 0.29) is 12.1 Å². The lowest BCUT2D eigenvalue weighted by Gasteiger charge is -2.15. The van der Waals surface area contributed by atoms with Crippen LogP contribution < -0.4 is 4.74 Å². The number of rotatable bonds is 5. The SMILES string of the molecule is COc1ccc(C(=O)O[C@H](C)CC(C)C)cc1. The van der Waals surface area contributed by atoms with Crippen LogP contribution in [-0.4, -0.2) is 19.2 Å². The Balaban J connectivity index is 2.57. The van der Waals surface area contributed by atoms with Crippen LogP contribution >= 0.6 is 0 Å². The molecule has 0 unspecified atom stereocenters. The summed E-state index contributed by atoms with van der Waals surface area (Å²) in [6.45, 7) is 6.14. The van der Waals surface area contributed by atoms with Crippen LogP contribution in [0.3, 0.4) is 0 Å². The zero-order valence-electron chi connectivity index (χ0n) is 10.9. The lowest BCUT2D eigenvalue weighted by Crippen LogP contribution is -2.16. The Morgan fingerprint density at radius 3 is 2.24 bits per heavy atom.